The molecule has 0 unspecified atom stereocenters. The Balaban J connectivity index is 2.39. The van der Waals surface area contributed by atoms with E-state index in [0.29, 0.717) is 0 Å². The summed E-state index contributed by atoms with van der Waals surface area (Å²) in [6.07, 6.45) is 3.47. The molecule has 0 radical (unpaired) electrons. The number of hydrogen-bond donors (Lipinski definition) is 1. The first kappa shape index (κ1) is 8.49. The van der Waals surface area contributed by atoms with Crippen LogP contribution < -0.4 is 5.73 Å². The molecule has 0 fully saturated rings. The Morgan fingerprint density at radius 1 is 1.55 bits per heavy atom. The summed E-state index contributed by atoms with van der Waals surface area (Å²) in [6, 6.07) is 2.00. The van der Waals surface area contributed by atoms with Gasteiger partial charge in [-0.1, -0.05) is 11.8 Å². The highest BCUT2D eigenvalue weighted by atomic mass is 32.2. The summed E-state index contributed by atoms with van der Waals surface area (Å²) >= 11 is 1.58. The molecule has 0 spiro atoms. The minimum atomic E-state index is 0.198. The molecule has 11 heavy (non-hydrogen) atoms. The summed E-state index contributed by atoms with van der Waals surface area (Å²) in [5.74, 6) is 0.865. The van der Waals surface area contributed by atoms with E-state index in [4.69, 9.17) is 5.73 Å². The van der Waals surface area contributed by atoms with Crippen LogP contribution in [-0.4, -0.2) is 21.8 Å². The van der Waals surface area contributed by atoms with Gasteiger partial charge in [0, 0.05) is 24.2 Å². The van der Waals surface area contributed by atoms with Crippen LogP contribution in [0.3, 0.4) is 0 Å². The maximum atomic E-state index is 5.56. The first-order valence-electron chi connectivity index (χ1n) is 3.44. The first-order chi connectivity index (χ1) is 5.29. The van der Waals surface area contributed by atoms with Crippen LogP contribution in [0.15, 0.2) is 23.6 Å². The van der Waals surface area contributed by atoms with Crippen molar-refractivity contribution in [2.75, 3.05) is 5.75 Å². The molecule has 0 saturated heterocycles. The molecule has 0 aromatic carbocycles. The van der Waals surface area contributed by atoms with E-state index >= 15 is 0 Å². The Kier molecular flexibility index (Phi) is 3.32. The van der Waals surface area contributed by atoms with Gasteiger partial charge in [0.15, 0.2) is 5.16 Å². The lowest BCUT2D eigenvalue weighted by Crippen LogP contribution is -2.17. The fourth-order valence-electron chi connectivity index (χ4n) is 0.566. The molecule has 1 aromatic rings. The Morgan fingerprint density at radius 3 is 2.73 bits per heavy atom. The molecule has 1 aromatic heterocycles. The van der Waals surface area contributed by atoms with Crippen molar-refractivity contribution >= 4 is 11.8 Å². The highest BCUT2D eigenvalue weighted by molar-refractivity contribution is 7.99. The predicted octanol–water partition coefficient (Wildman–Crippen LogP) is 0.916. The van der Waals surface area contributed by atoms with Gasteiger partial charge in [0.2, 0.25) is 0 Å². The Labute approximate surface area is 70.4 Å². The van der Waals surface area contributed by atoms with E-state index in [9.17, 15) is 0 Å². The molecule has 0 bridgehead atoms. The topological polar surface area (TPSA) is 51.8 Å². The van der Waals surface area contributed by atoms with E-state index < -0.39 is 0 Å². The molecule has 0 aliphatic carbocycles. The zero-order valence-corrected chi connectivity index (χ0v) is 7.21. The lowest BCUT2D eigenvalue weighted by atomic mass is 10.4. The minimum absolute atomic E-state index is 0.198. The Bertz CT molecular complexity index is 200. The number of rotatable bonds is 3. The molecular formula is C7H11N3S. The smallest absolute Gasteiger partial charge is 0.187 e. The van der Waals surface area contributed by atoms with E-state index in [1.165, 1.54) is 0 Å². The second-order valence-electron chi connectivity index (χ2n) is 2.32. The fourth-order valence-corrected chi connectivity index (χ4v) is 1.25. The van der Waals surface area contributed by atoms with Crippen molar-refractivity contribution in [1.82, 2.24) is 9.97 Å². The largest absolute Gasteiger partial charge is 0.327 e. The number of hydrogen-bond acceptors (Lipinski definition) is 4. The average Bonchev–Trinajstić information content (AvgIpc) is 2.03. The normalized spacial score (nSPS) is 12.9. The molecule has 3 nitrogen and oxygen atoms in total. The third-order valence-electron chi connectivity index (χ3n) is 1.02. The summed E-state index contributed by atoms with van der Waals surface area (Å²) < 4.78 is 0. The highest BCUT2D eigenvalue weighted by Gasteiger charge is 1.97. The van der Waals surface area contributed by atoms with Crippen LogP contribution in [0.5, 0.6) is 0 Å². The molecule has 0 saturated carbocycles. The number of aromatic nitrogens is 2. The van der Waals surface area contributed by atoms with E-state index in [0.717, 1.165) is 10.9 Å². The van der Waals surface area contributed by atoms with E-state index in [2.05, 4.69) is 9.97 Å². The second kappa shape index (κ2) is 4.31. The Morgan fingerprint density at radius 2 is 2.18 bits per heavy atom. The van der Waals surface area contributed by atoms with Gasteiger partial charge in [-0.3, -0.25) is 0 Å². The second-order valence-corrected chi connectivity index (χ2v) is 3.31. The lowest BCUT2D eigenvalue weighted by Gasteiger charge is -2.01. The van der Waals surface area contributed by atoms with E-state index in [1.54, 1.807) is 30.2 Å². The molecular weight excluding hydrogens is 158 g/mol. The molecule has 1 heterocycles. The van der Waals surface area contributed by atoms with Crippen LogP contribution in [-0.2, 0) is 0 Å². The SMILES string of the molecule is C[C@@H](N)CSc1ncccn1. The minimum Gasteiger partial charge on any atom is -0.327 e. The van der Waals surface area contributed by atoms with Crippen molar-refractivity contribution in [3.05, 3.63) is 18.5 Å². The molecule has 4 heteroatoms. The van der Waals surface area contributed by atoms with Gasteiger partial charge in [0.25, 0.3) is 0 Å². The quantitative estimate of drug-likeness (QED) is 0.540. The van der Waals surface area contributed by atoms with Crippen molar-refractivity contribution in [1.29, 1.82) is 0 Å². The molecule has 0 aliphatic heterocycles. The van der Waals surface area contributed by atoms with Crippen LogP contribution >= 0.6 is 11.8 Å². The van der Waals surface area contributed by atoms with Gasteiger partial charge in [0.05, 0.1) is 0 Å². The molecule has 1 atom stereocenters. The zero-order valence-electron chi connectivity index (χ0n) is 6.40. The maximum Gasteiger partial charge on any atom is 0.187 e. The van der Waals surface area contributed by atoms with Crippen molar-refractivity contribution in [2.24, 2.45) is 5.73 Å². The number of nitrogens with zero attached hydrogens (tertiary/aromatic N) is 2. The lowest BCUT2D eigenvalue weighted by molar-refractivity contribution is 0.841. The first-order valence-corrected chi connectivity index (χ1v) is 4.43. The average molecular weight is 169 g/mol. The van der Waals surface area contributed by atoms with Crippen LogP contribution in [0, 0.1) is 0 Å². The van der Waals surface area contributed by atoms with Crippen LogP contribution in [0.2, 0.25) is 0 Å². The van der Waals surface area contributed by atoms with Crippen LogP contribution in [0.1, 0.15) is 6.92 Å². The molecule has 2 N–H and O–H groups in total. The van der Waals surface area contributed by atoms with Crippen LogP contribution in [0.25, 0.3) is 0 Å². The van der Waals surface area contributed by atoms with Gasteiger partial charge in [-0.05, 0) is 13.0 Å². The van der Waals surface area contributed by atoms with Gasteiger partial charge >= 0.3 is 0 Å². The third kappa shape index (κ3) is 3.34. The number of thioether (sulfide) groups is 1. The molecule has 0 amide bonds. The van der Waals surface area contributed by atoms with Gasteiger partial charge in [0.1, 0.15) is 0 Å². The summed E-state index contributed by atoms with van der Waals surface area (Å²) in [5, 5.41) is 0.796. The van der Waals surface area contributed by atoms with Gasteiger partial charge in [-0.15, -0.1) is 0 Å². The van der Waals surface area contributed by atoms with Crippen LogP contribution in [0.4, 0.5) is 0 Å². The van der Waals surface area contributed by atoms with Crippen molar-refractivity contribution in [2.45, 2.75) is 18.1 Å². The van der Waals surface area contributed by atoms with Gasteiger partial charge in [-0.2, -0.15) is 0 Å². The van der Waals surface area contributed by atoms with Gasteiger partial charge in [-0.25, -0.2) is 9.97 Å². The summed E-state index contributed by atoms with van der Waals surface area (Å²) in [7, 11) is 0. The summed E-state index contributed by atoms with van der Waals surface area (Å²) in [4.78, 5) is 8.09. The monoisotopic (exact) mass is 169 g/mol. The maximum absolute atomic E-state index is 5.56. The fraction of sp³-hybridized carbons (Fsp3) is 0.429. The molecule has 0 aliphatic rings. The van der Waals surface area contributed by atoms with Crippen molar-refractivity contribution in [3.63, 3.8) is 0 Å². The zero-order chi connectivity index (χ0) is 8.10. The standard InChI is InChI=1S/C7H11N3S/c1-6(8)5-11-7-9-3-2-4-10-7/h2-4,6H,5,8H2,1H3/t6-/m1/s1. The summed E-state index contributed by atoms with van der Waals surface area (Å²) in [5.41, 5.74) is 5.56. The van der Waals surface area contributed by atoms with Crippen molar-refractivity contribution in [3.8, 4) is 0 Å². The predicted molar refractivity (Wildman–Crippen MR) is 46.4 cm³/mol. The van der Waals surface area contributed by atoms with E-state index in [-0.39, 0.29) is 6.04 Å². The van der Waals surface area contributed by atoms with Gasteiger partial charge < -0.3 is 5.73 Å². The number of nitrogens with two attached hydrogens (primary N) is 1. The Hall–Kier alpha value is -0.610. The van der Waals surface area contributed by atoms with Crippen molar-refractivity contribution < 1.29 is 0 Å². The van der Waals surface area contributed by atoms with E-state index in [1.807, 2.05) is 6.92 Å². The third-order valence-corrected chi connectivity index (χ3v) is 2.18. The molecule has 60 valence electrons. The highest BCUT2D eigenvalue weighted by Crippen LogP contribution is 2.10. The molecule has 1 rings (SSSR count). The summed E-state index contributed by atoms with van der Waals surface area (Å²) in [6.45, 7) is 1.97.